The van der Waals surface area contributed by atoms with Crippen LogP contribution in [0.15, 0.2) is 0 Å². The van der Waals surface area contributed by atoms with Crippen molar-refractivity contribution < 1.29 is 14.4 Å². The monoisotopic (exact) mass is 224 g/mol. The highest BCUT2D eigenvalue weighted by Crippen LogP contribution is 2.45. The highest BCUT2D eigenvalue weighted by Gasteiger charge is 2.25. The first kappa shape index (κ1) is 16.6. The number of unbranched alkanes of at least 4 members (excludes halogenated alkanes) is 2. The van der Waals surface area contributed by atoms with E-state index in [0.717, 1.165) is 19.3 Å². The average Bonchev–Trinajstić information content (AvgIpc) is 2.14. The molecule has 0 heterocycles. The summed E-state index contributed by atoms with van der Waals surface area (Å²) in [4.78, 5) is 17.8. The molecule has 2 N–H and O–H groups in total. The molecule has 0 aromatic rings. The maximum absolute atomic E-state index is 10.9. The summed E-state index contributed by atoms with van der Waals surface area (Å²) in [6, 6.07) is 0. The van der Waals surface area contributed by atoms with Gasteiger partial charge in [0.25, 0.3) is 0 Å². The summed E-state index contributed by atoms with van der Waals surface area (Å²) in [7, 11) is -3.82. The van der Waals surface area contributed by atoms with Crippen LogP contribution in [0.1, 0.15) is 59.8 Å². The molecule has 1 unspecified atom stereocenters. The molecular formula is C10H25O3P. The maximum atomic E-state index is 10.9. The van der Waals surface area contributed by atoms with Gasteiger partial charge in [-0.25, -0.2) is 0 Å². The van der Waals surface area contributed by atoms with Crippen LogP contribution in [0.5, 0.6) is 0 Å². The van der Waals surface area contributed by atoms with Crippen molar-refractivity contribution in [2.24, 2.45) is 0 Å². The van der Waals surface area contributed by atoms with Crippen LogP contribution in [-0.4, -0.2) is 15.4 Å². The van der Waals surface area contributed by atoms with Gasteiger partial charge in [-0.3, -0.25) is 4.57 Å². The third kappa shape index (κ3) is 8.74. The van der Waals surface area contributed by atoms with Crippen LogP contribution in [0.3, 0.4) is 0 Å². The SMILES string of the molecule is CC.CCCCCC(CC)P(=O)(O)O. The lowest BCUT2D eigenvalue weighted by Crippen LogP contribution is -2.06. The van der Waals surface area contributed by atoms with Gasteiger partial charge in [-0.1, -0.05) is 47.0 Å². The van der Waals surface area contributed by atoms with Gasteiger partial charge in [-0.15, -0.1) is 0 Å². The summed E-state index contributed by atoms with van der Waals surface area (Å²) in [5.74, 6) is 0. The van der Waals surface area contributed by atoms with Crippen molar-refractivity contribution in [3.8, 4) is 0 Å². The molecule has 0 aliphatic rings. The Hall–Kier alpha value is 0.150. The summed E-state index contributed by atoms with van der Waals surface area (Å²) in [5, 5.41) is 0. The van der Waals surface area contributed by atoms with E-state index in [1.54, 1.807) is 0 Å². The van der Waals surface area contributed by atoms with Gasteiger partial charge in [-0.2, -0.15) is 0 Å². The second-order valence-corrected chi connectivity index (χ2v) is 5.06. The van der Waals surface area contributed by atoms with Crippen molar-refractivity contribution in [3.63, 3.8) is 0 Å². The molecule has 0 aliphatic heterocycles. The average molecular weight is 224 g/mol. The Kier molecular flexibility index (Phi) is 11.5. The van der Waals surface area contributed by atoms with Gasteiger partial charge in [0, 0.05) is 0 Å². The molecule has 0 radical (unpaired) electrons. The Bertz CT molecular complexity index is 153. The first-order chi connectivity index (χ1) is 6.52. The van der Waals surface area contributed by atoms with E-state index in [1.807, 2.05) is 20.8 Å². The summed E-state index contributed by atoms with van der Waals surface area (Å²) in [6.45, 7) is 7.91. The minimum absolute atomic E-state index is 0.413. The largest absolute Gasteiger partial charge is 0.328 e. The van der Waals surface area contributed by atoms with Gasteiger partial charge < -0.3 is 9.79 Å². The molecule has 0 saturated heterocycles. The first-order valence-electron chi connectivity index (χ1n) is 5.57. The molecule has 0 bridgehead atoms. The molecule has 0 fully saturated rings. The summed E-state index contributed by atoms with van der Waals surface area (Å²) >= 11 is 0. The fourth-order valence-corrected chi connectivity index (χ4v) is 2.23. The zero-order chi connectivity index (χ0) is 11.6. The fourth-order valence-electron chi connectivity index (χ4n) is 1.24. The van der Waals surface area contributed by atoms with E-state index in [-0.39, 0.29) is 0 Å². The van der Waals surface area contributed by atoms with E-state index in [4.69, 9.17) is 9.79 Å². The van der Waals surface area contributed by atoms with E-state index in [9.17, 15) is 4.57 Å². The molecule has 0 amide bonds. The van der Waals surface area contributed by atoms with Gasteiger partial charge in [0.2, 0.25) is 0 Å². The van der Waals surface area contributed by atoms with Crippen LogP contribution in [0, 0.1) is 0 Å². The van der Waals surface area contributed by atoms with E-state index in [2.05, 4.69) is 6.92 Å². The standard InChI is InChI=1S/C8H19O3P.C2H6/c1-3-5-6-7-8(4-2)12(9,10)11;1-2/h8H,3-7H2,1-2H3,(H2,9,10,11);1-2H3. The predicted molar refractivity (Wildman–Crippen MR) is 61.6 cm³/mol. The summed E-state index contributed by atoms with van der Waals surface area (Å²) in [6.07, 6.45) is 4.33. The van der Waals surface area contributed by atoms with Crippen molar-refractivity contribution in [2.45, 2.75) is 65.5 Å². The summed E-state index contributed by atoms with van der Waals surface area (Å²) < 4.78 is 10.9. The third-order valence-corrected chi connectivity index (χ3v) is 3.66. The molecule has 14 heavy (non-hydrogen) atoms. The third-order valence-electron chi connectivity index (χ3n) is 2.09. The lowest BCUT2D eigenvalue weighted by atomic mass is 10.1. The zero-order valence-electron chi connectivity index (χ0n) is 9.86. The number of rotatable bonds is 6. The Morgan fingerprint density at radius 1 is 1.14 bits per heavy atom. The molecule has 0 rings (SSSR count). The molecule has 3 nitrogen and oxygen atoms in total. The molecule has 1 atom stereocenters. The minimum Gasteiger partial charge on any atom is -0.324 e. The fraction of sp³-hybridized carbons (Fsp3) is 1.00. The van der Waals surface area contributed by atoms with Crippen LogP contribution in [0.25, 0.3) is 0 Å². The van der Waals surface area contributed by atoms with Crippen molar-refractivity contribution in [2.75, 3.05) is 0 Å². The minimum atomic E-state index is -3.82. The molecule has 88 valence electrons. The van der Waals surface area contributed by atoms with Crippen molar-refractivity contribution in [3.05, 3.63) is 0 Å². The number of hydrogen-bond donors (Lipinski definition) is 2. The van der Waals surface area contributed by atoms with Crippen LogP contribution in [-0.2, 0) is 4.57 Å². The number of hydrogen-bond acceptors (Lipinski definition) is 1. The zero-order valence-corrected chi connectivity index (χ0v) is 10.8. The second kappa shape index (κ2) is 9.70. The Morgan fingerprint density at radius 3 is 1.93 bits per heavy atom. The second-order valence-electron chi connectivity index (χ2n) is 3.15. The quantitative estimate of drug-likeness (QED) is 0.536. The molecule has 0 aromatic heterocycles. The van der Waals surface area contributed by atoms with Gasteiger partial charge >= 0.3 is 7.60 Å². The smallest absolute Gasteiger partial charge is 0.324 e. The molecule has 0 aromatic carbocycles. The first-order valence-corrected chi connectivity index (χ1v) is 7.25. The Labute approximate surface area is 88.1 Å². The van der Waals surface area contributed by atoms with E-state index < -0.39 is 13.3 Å². The Morgan fingerprint density at radius 2 is 1.64 bits per heavy atom. The molecule has 0 saturated carbocycles. The predicted octanol–water partition coefficient (Wildman–Crippen LogP) is 3.55. The molecule has 4 heteroatoms. The molecular weight excluding hydrogens is 199 g/mol. The topological polar surface area (TPSA) is 57.5 Å². The van der Waals surface area contributed by atoms with Crippen molar-refractivity contribution in [1.29, 1.82) is 0 Å². The van der Waals surface area contributed by atoms with Crippen LogP contribution in [0.2, 0.25) is 0 Å². The van der Waals surface area contributed by atoms with Gasteiger partial charge in [0.15, 0.2) is 0 Å². The normalized spacial score (nSPS) is 13.0. The van der Waals surface area contributed by atoms with Crippen LogP contribution < -0.4 is 0 Å². The van der Waals surface area contributed by atoms with Crippen molar-refractivity contribution in [1.82, 2.24) is 0 Å². The highest BCUT2D eigenvalue weighted by atomic mass is 31.2. The van der Waals surface area contributed by atoms with E-state index >= 15 is 0 Å². The van der Waals surface area contributed by atoms with Crippen LogP contribution in [0.4, 0.5) is 0 Å². The molecule has 0 aliphatic carbocycles. The van der Waals surface area contributed by atoms with Crippen LogP contribution >= 0.6 is 7.60 Å². The Balaban J connectivity index is 0. The van der Waals surface area contributed by atoms with E-state index in [1.165, 1.54) is 0 Å². The van der Waals surface area contributed by atoms with Gasteiger partial charge in [0.05, 0.1) is 5.66 Å². The lowest BCUT2D eigenvalue weighted by Gasteiger charge is -2.15. The van der Waals surface area contributed by atoms with Crippen molar-refractivity contribution >= 4 is 7.60 Å². The van der Waals surface area contributed by atoms with E-state index in [0.29, 0.717) is 12.8 Å². The lowest BCUT2D eigenvalue weighted by molar-refractivity contribution is 0.350. The molecule has 0 spiro atoms. The van der Waals surface area contributed by atoms with Gasteiger partial charge in [0.1, 0.15) is 0 Å². The maximum Gasteiger partial charge on any atom is 0.328 e. The van der Waals surface area contributed by atoms with Gasteiger partial charge in [-0.05, 0) is 12.8 Å². The highest BCUT2D eigenvalue weighted by molar-refractivity contribution is 7.52. The summed E-state index contributed by atoms with van der Waals surface area (Å²) in [5.41, 5.74) is -0.413.